The van der Waals surface area contributed by atoms with Gasteiger partial charge in [0, 0.05) is 17.1 Å². The topological polar surface area (TPSA) is 3.24 Å². The molecule has 0 fully saturated rings. The molecule has 0 radical (unpaired) electrons. The number of rotatable bonds is 6. The molecule has 0 amide bonds. The molecule has 71 heavy (non-hydrogen) atoms. The highest BCUT2D eigenvalue weighted by molar-refractivity contribution is 6.07. The van der Waals surface area contributed by atoms with Crippen molar-refractivity contribution in [1.29, 1.82) is 0 Å². The second-order valence-corrected chi connectivity index (χ2v) is 19.5. The van der Waals surface area contributed by atoms with Crippen LogP contribution in [0.3, 0.4) is 0 Å². The Labute approximate surface area is 414 Å². The number of hydrogen-bond donors (Lipinski definition) is 0. The summed E-state index contributed by atoms with van der Waals surface area (Å²) >= 11 is 0. The van der Waals surface area contributed by atoms with E-state index in [0.29, 0.717) is 0 Å². The van der Waals surface area contributed by atoms with Gasteiger partial charge in [-0.15, -0.1) is 0 Å². The van der Waals surface area contributed by atoms with Gasteiger partial charge in [0.25, 0.3) is 0 Å². The van der Waals surface area contributed by atoms with Crippen molar-refractivity contribution in [2.24, 2.45) is 0 Å². The minimum absolute atomic E-state index is 0.508. The molecule has 0 saturated carbocycles. The van der Waals surface area contributed by atoms with E-state index in [1.165, 1.54) is 116 Å². The van der Waals surface area contributed by atoms with Gasteiger partial charge in [-0.1, -0.05) is 213 Å². The third-order valence-corrected chi connectivity index (χ3v) is 16.4. The van der Waals surface area contributed by atoms with Crippen molar-refractivity contribution in [3.8, 4) is 44.5 Å². The van der Waals surface area contributed by atoms with Crippen LogP contribution in [0, 0.1) is 0 Å². The lowest BCUT2D eigenvalue weighted by Gasteiger charge is -2.32. The fraction of sp³-hybridized carbons (Fsp3) is 0.0286. The lowest BCUT2D eigenvalue weighted by Crippen LogP contribution is -2.26. The Hall–Kier alpha value is -9.04. The van der Waals surface area contributed by atoms with Gasteiger partial charge in [0.1, 0.15) is 0 Å². The molecule has 4 aliphatic carbocycles. The average molecular weight is 900 g/mol. The molecule has 1 heteroatoms. The van der Waals surface area contributed by atoms with Crippen LogP contribution >= 0.6 is 0 Å². The number of allylic oxidation sites excluding steroid dienone is 4. The van der Waals surface area contributed by atoms with Crippen LogP contribution in [0.4, 0.5) is 17.1 Å². The number of nitrogens with zero attached hydrogens (tertiary/aromatic N) is 1. The van der Waals surface area contributed by atoms with Gasteiger partial charge in [-0.2, -0.15) is 0 Å². The highest BCUT2D eigenvalue weighted by Gasteiger charge is 2.53. The zero-order valence-electron chi connectivity index (χ0n) is 39.0. The molecular formula is C70H45N. The molecule has 1 nitrogen and oxygen atoms in total. The summed E-state index contributed by atoms with van der Waals surface area (Å²) in [6, 6.07) is 88.7. The fourth-order valence-corrected chi connectivity index (χ4v) is 13.7. The first-order valence-electron chi connectivity index (χ1n) is 24.7. The largest absolute Gasteiger partial charge is 0.310 e. The zero-order chi connectivity index (χ0) is 47.0. The van der Waals surface area contributed by atoms with Crippen molar-refractivity contribution in [2.75, 3.05) is 4.90 Å². The van der Waals surface area contributed by atoms with Crippen LogP contribution in [0.25, 0.3) is 71.6 Å². The lowest BCUT2D eigenvalue weighted by molar-refractivity contribution is 0.788. The van der Waals surface area contributed by atoms with Crippen molar-refractivity contribution >= 4 is 44.2 Å². The summed E-state index contributed by atoms with van der Waals surface area (Å²) in [7, 11) is 0. The number of hydrogen-bond acceptors (Lipinski definition) is 1. The standard InChI is InChI=1S/C70H45N/c1-3-52-54-22-10-14-26-61(54)69(60(52)4-2)64-29-17-13-25-57(64)59-41-47-32-36-50(40-48(47)42-66(59)69)71(49-34-30-45(31-35-49)44-18-6-5-7-19-44)51-37-38-58-67(43-51)70(65-39-33-46-20-8-9-21-53(46)68(58)65)62-27-15-11-23-55(62)56-24-12-16-28-63(56)70/h3-43H,1-2H2. The minimum Gasteiger partial charge on any atom is -0.310 e. The molecule has 11 aromatic carbocycles. The summed E-state index contributed by atoms with van der Waals surface area (Å²) < 4.78 is 0. The van der Waals surface area contributed by atoms with Crippen LogP contribution in [-0.4, -0.2) is 0 Å². The van der Waals surface area contributed by atoms with Gasteiger partial charge < -0.3 is 4.90 Å². The highest BCUT2D eigenvalue weighted by Crippen LogP contribution is 2.65. The average Bonchev–Trinajstić information content (AvgIpc) is 4.12. The molecule has 1 unspecified atom stereocenters. The molecule has 0 bridgehead atoms. The summed E-state index contributed by atoms with van der Waals surface area (Å²) in [6.07, 6.45) is 4.10. The predicted octanol–water partition coefficient (Wildman–Crippen LogP) is 17.9. The first-order chi connectivity index (χ1) is 35.1. The SMILES string of the molecule is C=CC1=C(C=C)C2(c3ccccc31)c1ccccc1-c1cc3ccc(N(c4ccc(-c5ccccc5)cc4)c4ccc5c(c4)C4(c6ccccc6-c6ccccc64)c4ccc6ccccc6c4-5)cc3cc12. The van der Waals surface area contributed by atoms with Crippen molar-refractivity contribution in [3.05, 3.63) is 312 Å². The Balaban J connectivity index is 0.984. The minimum atomic E-state index is -0.522. The van der Waals surface area contributed by atoms with Crippen molar-refractivity contribution in [2.45, 2.75) is 10.8 Å². The maximum absolute atomic E-state index is 4.47. The summed E-state index contributed by atoms with van der Waals surface area (Å²) in [5.74, 6) is 0. The Bertz CT molecular complexity index is 4100. The number of fused-ring (bicyclic) bond motifs is 20. The van der Waals surface area contributed by atoms with Gasteiger partial charge in [-0.3, -0.25) is 0 Å². The number of anilines is 3. The van der Waals surface area contributed by atoms with Gasteiger partial charge in [0.2, 0.25) is 0 Å². The predicted molar refractivity (Wildman–Crippen MR) is 297 cm³/mol. The van der Waals surface area contributed by atoms with E-state index in [2.05, 4.69) is 261 Å². The second kappa shape index (κ2) is 14.7. The normalized spacial score (nSPS) is 15.8. The maximum Gasteiger partial charge on any atom is 0.0726 e. The van der Waals surface area contributed by atoms with E-state index in [4.69, 9.17) is 0 Å². The third-order valence-electron chi connectivity index (χ3n) is 16.4. The van der Waals surface area contributed by atoms with Gasteiger partial charge in [0.15, 0.2) is 0 Å². The van der Waals surface area contributed by atoms with E-state index in [1.54, 1.807) is 0 Å². The van der Waals surface area contributed by atoms with Crippen LogP contribution in [0.15, 0.2) is 267 Å². The molecular weight excluding hydrogens is 855 g/mol. The summed E-state index contributed by atoms with van der Waals surface area (Å²) in [5.41, 5.74) is 25.1. The van der Waals surface area contributed by atoms with Crippen molar-refractivity contribution in [3.63, 3.8) is 0 Å². The summed E-state index contributed by atoms with van der Waals surface area (Å²) in [4.78, 5) is 2.48. The van der Waals surface area contributed by atoms with Crippen LogP contribution < -0.4 is 4.90 Å². The smallest absolute Gasteiger partial charge is 0.0726 e. The molecule has 0 N–H and O–H groups in total. The quantitative estimate of drug-likeness (QED) is 0.161. The monoisotopic (exact) mass is 899 g/mol. The van der Waals surface area contributed by atoms with Crippen LogP contribution in [0.2, 0.25) is 0 Å². The molecule has 4 aliphatic rings. The summed E-state index contributed by atoms with van der Waals surface area (Å²) in [6.45, 7) is 8.82. The first-order valence-corrected chi connectivity index (χ1v) is 24.7. The number of benzene rings is 11. The van der Waals surface area contributed by atoms with E-state index in [9.17, 15) is 0 Å². The molecule has 330 valence electrons. The molecule has 0 aromatic heterocycles. The summed E-state index contributed by atoms with van der Waals surface area (Å²) in [5, 5.41) is 4.92. The van der Waals surface area contributed by atoms with E-state index in [-0.39, 0.29) is 0 Å². The maximum atomic E-state index is 4.47. The second-order valence-electron chi connectivity index (χ2n) is 19.5. The van der Waals surface area contributed by atoms with E-state index < -0.39 is 10.8 Å². The molecule has 11 aromatic rings. The van der Waals surface area contributed by atoms with E-state index in [1.807, 2.05) is 6.08 Å². The fourth-order valence-electron chi connectivity index (χ4n) is 13.7. The van der Waals surface area contributed by atoms with Crippen molar-refractivity contribution < 1.29 is 0 Å². The first kappa shape index (κ1) is 39.9. The molecule has 0 heterocycles. The van der Waals surface area contributed by atoms with Crippen LogP contribution in [0.5, 0.6) is 0 Å². The lowest BCUT2D eigenvalue weighted by atomic mass is 9.69. The molecule has 1 atom stereocenters. The third kappa shape index (κ3) is 5.14. The van der Waals surface area contributed by atoms with Gasteiger partial charge in [0.05, 0.1) is 10.8 Å². The molecule has 0 saturated heterocycles. The van der Waals surface area contributed by atoms with Crippen LogP contribution in [-0.2, 0) is 10.8 Å². The Morgan fingerprint density at radius 3 is 1.55 bits per heavy atom. The Kier molecular flexibility index (Phi) is 8.28. The van der Waals surface area contributed by atoms with Gasteiger partial charge in [-0.05, 0) is 170 Å². The molecule has 15 rings (SSSR count). The molecule has 2 spiro atoms. The zero-order valence-corrected chi connectivity index (χ0v) is 39.0. The molecule has 0 aliphatic heterocycles. The Morgan fingerprint density at radius 1 is 0.310 bits per heavy atom. The Morgan fingerprint density at radius 2 is 0.845 bits per heavy atom. The van der Waals surface area contributed by atoms with Crippen LogP contribution in [0.1, 0.15) is 44.5 Å². The van der Waals surface area contributed by atoms with Gasteiger partial charge >= 0.3 is 0 Å². The van der Waals surface area contributed by atoms with Crippen molar-refractivity contribution in [1.82, 2.24) is 0 Å². The van der Waals surface area contributed by atoms with Gasteiger partial charge in [-0.25, -0.2) is 0 Å². The van der Waals surface area contributed by atoms with E-state index >= 15 is 0 Å². The van der Waals surface area contributed by atoms with E-state index in [0.717, 1.165) is 22.6 Å². The highest BCUT2D eigenvalue weighted by atomic mass is 15.1.